The molecule has 18 heavy (non-hydrogen) atoms. The molecule has 1 aliphatic carbocycles. The van der Waals surface area contributed by atoms with Crippen molar-refractivity contribution >= 4 is 0 Å². The molecule has 1 saturated carbocycles. The fourth-order valence-corrected chi connectivity index (χ4v) is 3.86. The molecule has 2 heterocycles. The van der Waals surface area contributed by atoms with Gasteiger partial charge in [0.2, 0.25) is 0 Å². The van der Waals surface area contributed by atoms with Crippen LogP contribution in [0.1, 0.15) is 51.9 Å². The van der Waals surface area contributed by atoms with Gasteiger partial charge in [-0.2, -0.15) is 0 Å². The lowest BCUT2D eigenvalue weighted by atomic mass is 9.98. The molecule has 3 nitrogen and oxygen atoms in total. The Bertz CT molecular complexity index is 270. The van der Waals surface area contributed by atoms with Gasteiger partial charge in [0.15, 0.2) is 0 Å². The minimum Gasteiger partial charge on any atom is -0.381 e. The molecule has 0 aromatic heterocycles. The molecular formula is C15H27NO2. The molecule has 3 unspecified atom stereocenters. The van der Waals surface area contributed by atoms with Crippen LogP contribution in [0.4, 0.5) is 0 Å². The monoisotopic (exact) mass is 253 g/mol. The molecular weight excluding hydrogens is 226 g/mol. The lowest BCUT2D eigenvalue weighted by Gasteiger charge is -2.25. The lowest BCUT2D eigenvalue weighted by Crippen LogP contribution is -2.39. The van der Waals surface area contributed by atoms with Crippen LogP contribution in [0.15, 0.2) is 0 Å². The third-order valence-electron chi connectivity index (χ3n) is 5.19. The second-order valence-electron chi connectivity index (χ2n) is 6.49. The van der Waals surface area contributed by atoms with E-state index < -0.39 is 0 Å². The molecule has 3 rings (SSSR count). The van der Waals surface area contributed by atoms with Crippen LogP contribution < -0.4 is 5.32 Å². The first-order chi connectivity index (χ1) is 8.77. The molecule has 1 spiro atoms. The number of hydrogen-bond donors (Lipinski definition) is 1. The van der Waals surface area contributed by atoms with Gasteiger partial charge in [-0.05, 0) is 44.9 Å². The summed E-state index contributed by atoms with van der Waals surface area (Å²) in [6, 6.07) is 0.566. The van der Waals surface area contributed by atoms with Crippen LogP contribution in [0.3, 0.4) is 0 Å². The second-order valence-corrected chi connectivity index (χ2v) is 6.49. The van der Waals surface area contributed by atoms with E-state index in [1.165, 1.54) is 44.9 Å². The van der Waals surface area contributed by atoms with Crippen LogP contribution in [0.25, 0.3) is 0 Å². The molecule has 3 heteroatoms. The quantitative estimate of drug-likeness (QED) is 0.835. The van der Waals surface area contributed by atoms with Crippen LogP contribution in [0, 0.1) is 5.92 Å². The summed E-state index contributed by atoms with van der Waals surface area (Å²) in [5.74, 6) is 0.701. The topological polar surface area (TPSA) is 30.5 Å². The highest BCUT2D eigenvalue weighted by molar-refractivity contribution is 4.93. The maximum atomic E-state index is 6.33. The molecule has 1 N–H and O–H groups in total. The predicted octanol–water partition coefficient (Wildman–Crippen LogP) is 2.49. The smallest absolute Gasteiger partial charge is 0.0708 e. The largest absolute Gasteiger partial charge is 0.381 e. The number of ether oxygens (including phenoxy) is 2. The molecule has 0 amide bonds. The van der Waals surface area contributed by atoms with Gasteiger partial charge in [0.25, 0.3) is 0 Å². The van der Waals surface area contributed by atoms with E-state index in [9.17, 15) is 0 Å². The highest BCUT2D eigenvalue weighted by atomic mass is 16.5. The summed E-state index contributed by atoms with van der Waals surface area (Å²) in [5, 5.41) is 3.67. The standard InChI is InChI=1S/C15H27NO2/c1-12(13-5-9-17-11-13)16-10-14-4-8-15(18-14)6-2-3-7-15/h12-14,16H,2-11H2,1H3. The lowest BCUT2D eigenvalue weighted by molar-refractivity contribution is -0.0362. The molecule has 2 aliphatic heterocycles. The normalized spacial score (nSPS) is 36.5. The van der Waals surface area contributed by atoms with Gasteiger partial charge in [0.1, 0.15) is 0 Å². The van der Waals surface area contributed by atoms with Crippen LogP contribution in [-0.4, -0.2) is 37.5 Å². The Hall–Kier alpha value is -0.120. The Morgan fingerprint density at radius 2 is 2.06 bits per heavy atom. The summed E-state index contributed by atoms with van der Waals surface area (Å²) >= 11 is 0. The van der Waals surface area contributed by atoms with Gasteiger partial charge in [0.05, 0.1) is 18.3 Å². The maximum absolute atomic E-state index is 6.33. The molecule has 0 aromatic carbocycles. The van der Waals surface area contributed by atoms with Crippen molar-refractivity contribution < 1.29 is 9.47 Å². The third kappa shape index (κ3) is 2.73. The highest BCUT2D eigenvalue weighted by Gasteiger charge is 2.42. The minimum atomic E-state index is 0.284. The summed E-state index contributed by atoms with van der Waals surface area (Å²) in [6.07, 6.45) is 9.55. The summed E-state index contributed by atoms with van der Waals surface area (Å²) < 4.78 is 11.8. The van der Waals surface area contributed by atoms with E-state index in [1.54, 1.807) is 0 Å². The van der Waals surface area contributed by atoms with Crippen LogP contribution in [-0.2, 0) is 9.47 Å². The van der Waals surface area contributed by atoms with Crippen molar-refractivity contribution in [1.29, 1.82) is 0 Å². The van der Waals surface area contributed by atoms with Gasteiger partial charge < -0.3 is 14.8 Å². The van der Waals surface area contributed by atoms with E-state index >= 15 is 0 Å². The molecule has 3 fully saturated rings. The average molecular weight is 253 g/mol. The zero-order valence-electron chi connectivity index (χ0n) is 11.6. The zero-order chi connectivity index (χ0) is 12.4. The van der Waals surface area contributed by atoms with Crippen molar-refractivity contribution in [1.82, 2.24) is 5.32 Å². The van der Waals surface area contributed by atoms with Crippen LogP contribution in [0.2, 0.25) is 0 Å². The first kappa shape index (κ1) is 12.9. The van der Waals surface area contributed by atoms with E-state index in [2.05, 4.69) is 12.2 Å². The SMILES string of the molecule is CC(NCC1CCC2(CCCC2)O1)C1CCOC1. The van der Waals surface area contributed by atoms with E-state index in [-0.39, 0.29) is 5.60 Å². The van der Waals surface area contributed by atoms with Crippen molar-refractivity contribution in [2.45, 2.75) is 69.6 Å². The van der Waals surface area contributed by atoms with E-state index in [4.69, 9.17) is 9.47 Å². The van der Waals surface area contributed by atoms with Crippen LogP contribution >= 0.6 is 0 Å². The Balaban J connectivity index is 1.41. The third-order valence-corrected chi connectivity index (χ3v) is 5.19. The fraction of sp³-hybridized carbons (Fsp3) is 1.00. The molecule has 0 radical (unpaired) electrons. The molecule has 3 aliphatic rings. The van der Waals surface area contributed by atoms with Gasteiger partial charge in [0, 0.05) is 19.2 Å². The van der Waals surface area contributed by atoms with E-state index in [0.29, 0.717) is 18.1 Å². The highest BCUT2D eigenvalue weighted by Crippen LogP contribution is 2.43. The van der Waals surface area contributed by atoms with Crippen molar-refractivity contribution in [3.63, 3.8) is 0 Å². The van der Waals surface area contributed by atoms with Crippen molar-refractivity contribution in [2.24, 2.45) is 5.92 Å². The van der Waals surface area contributed by atoms with Crippen molar-refractivity contribution in [3.8, 4) is 0 Å². The Kier molecular flexibility index (Phi) is 3.92. The molecule has 3 atom stereocenters. The molecule has 104 valence electrons. The first-order valence-electron chi connectivity index (χ1n) is 7.76. The first-order valence-corrected chi connectivity index (χ1v) is 7.76. The number of hydrogen-bond acceptors (Lipinski definition) is 3. The number of nitrogens with one attached hydrogen (secondary N) is 1. The minimum absolute atomic E-state index is 0.284. The summed E-state index contributed by atoms with van der Waals surface area (Å²) in [7, 11) is 0. The van der Waals surface area contributed by atoms with E-state index in [0.717, 1.165) is 19.8 Å². The van der Waals surface area contributed by atoms with Crippen molar-refractivity contribution in [2.75, 3.05) is 19.8 Å². The van der Waals surface area contributed by atoms with Gasteiger partial charge in [-0.3, -0.25) is 0 Å². The fourth-order valence-electron chi connectivity index (χ4n) is 3.86. The molecule has 0 aromatic rings. The zero-order valence-corrected chi connectivity index (χ0v) is 11.6. The average Bonchev–Trinajstić information content (AvgIpc) is 3.09. The van der Waals surface area contributed by atoms with Gasteiger partial charge >= 0.3 is 0 Å². The molecule has 0 bridgehead atoms. The van der Waals surface area contributed by atoms with Gasteiger partial charge in [-0.25, -0.2) is 0 Å². The Labute approximate surface area is 111 Å². The summed E-state index contributed by atoms with van der Waals surface area (Å²) in [4.78, 5) is 0. The van der Waals surface area contributed by atoms with E-state index in [1.807, 2.05) is 0 Å². The Morgan fingerprint density at radius 1 is 1.22 bits per heavy atom. The van der Waals surface area contributed by atoms with Crippen LogP contribution in [0.5, 0.6) is 0 Å². The second kappa shape index (κ2) is 5.48. The maximum Gasteiger partial charge on any atom is 0.0708 e. The van der Waals surface area contributed by atoms with Gasteiger partial charge in [-0.1, -0.05) is 12.8 Å². The summed E-state index contributed by atoms with van der Waals surface area (Å²) in [5.41, 5.74) is 0.284. The summed E-state index contributed by atoms with van der Waals surface area (Å²) in [6.45, 7) is 5.20. The van der Waals surface area contributed by atoms with Crippen molar-refractivity contribution in [3.05, 3.63) is 0 Å². The number of rotatable bonds is 4. The molecule has 2 saturated heterocycles. The Morgan fingerprint density at radius 3 is 2.78 bits per heavy atom. The van der Waals surface area contributed by atoms with Gasteiger partial charge in [-0.15, -0.1) is 0 Å². The predicted molar refractivity (Wildman–Crippen MR) is 71.7 cm³/mol.